The normalized spacial score (nSPS) is 11.9. The first kappa shape index (κ1) is 19.0. The largest absolute Gasteiger partial charge is 0.496 e. The number of hydrogen-bond acceptors (Lipinski definition) is 2. The first-order valence-corrected chi connectivity index (χ1v) is 9.31. The van der Waals surface area contributed by atoms with Gasteiger partial charge in [0.05, 0.1) is 14.2 Å². The van der Waals surface area contributed by atoms with E-state index in [1.165, 1.54) is 27.8 Å². The number of methoxy groups -OCH3 is 2. The second-order valence-corrected chi connectivity index (χ2v) is 7.23. The number of benzene rings is 3. The predicted octanol–water partition coefficient (Wildman–Crippen LogP) is 6.12. The standard InChI is InChI=1S/C25H28O2/c1-16-12-17(2)23(22(13-16)26-5)24(20-10-8-7-9-11-20)21-14-18(3)25(27-6)19(4)15-21/h7-15,24H,1-6H3. The molecule has 2 heteroatoms. The number of rotatable bonds is 5. The van der Waals surface area contributed by atoms with Crippen LogP contribution in [0.25, 0.3) is 0 Å². The van der Waals surface area contributed by atoms with Crippen molar-refractivity contribution in [1.82, 2.24) is 0 Å². The molecule has 0 aromatic heterocycles. The molecule has 2 nitrogen and oxygen atoms in total. The van der Waals surface area contributed by atoms with Crippen molar-refractivity contribution in [3.8, 4) is 11.5 Å². The van der Waals surface area contributed by atoms with Gasteiger partial charge in [-0.1, -0.05) is 48.5 Å². The van der Waals surface area contributed by atoms with Crippen LogP contribution in [0.2, 0.25) is 0 Å². The fraction of sp³-hybridized carbons (Fsp3) is 0.280. The molecule has 3 aromatic carbocycles. The van der Waals surface area contributed by atoms with E-state index in [0.717, 1.165) is 22.6 Å². The van der Waals surface area contributed by atoms with Crippen molar-refractivity contribution >= 4 is 0 Å². The number of aryl methyl sites for hydroxylation is 4. The van der Waals surface area contributed by atoms with Gasteiger partial charge in [0.25, 0.3) is 0 Å². The van der Waals surface area contributed by atoms with Gasteiger partial charge in [-0.2, -0.15) is 0 Å². The van der Waals surface area contributed by atoms with Crippen molar-refractivity contribution in [2.45, 2.75) is 33.6 Å². The van der Waals surface area contributed by atoms with E-state index in [2.05, 4.69) is 82.3 Å². The molecule has 3 aromatic rings. The van der Waals surface area contributed by atoms with Gasteiger partial charge in [-0.15, -0.1) is 0 Å². The Morgan fingerprint density at radius 3 is 1.85 bits per heavy atom. The van der Waals surface area contributed by atoms with Crippen molar-refractivity contribution < 1.29 is 9.47 Å². The molecule has 0 saturated heterocycles. The van der Waals surface area contributed by atoms with Crippen molar-refractivity contribution in [3.63, 3.8) is 0 Å². The van der Waals surface area contributed by atoms with Crippen LogP contribution in [0.15, 0.2) is 54.6 Å². The van der Waals surface area contributed by atoms with Crippen LogP contribution in [0.5, 0.6) is 11.5 Å². The minimum absolute atomic E-state index is 0.102. The molecule has 0 aliphatic rings. The highest BCUT2D eigenvalue weighted by Crippen LogP contribution is 2.41. The minimum atomic E-state index is 0.102. The first-order chi connectivity index (χ1) is 13.0. The van der Waals surface area contributed by atoms with E-state index in [9.17, 15) is 0 Å². The first-order valence-electron chi connectivity index (χ1n) is 9.31. The van der Waals surface area contributed by atoms with E-state index in [-0.39, 0.29) is 5.92 Å². The molecule has 0 bridgehead atoms. The lowest BCUT2D eigenvalue weighted by atomic mass is 9.81. The van der Waals surface area contributed by atoms with Crippen molar-refractivity contribution in [1.29, 1.82) is 0 Å². The molecule has 0 spiro atoms. The van der Waals surface area contributed by atoms with Gasteiger partial charge in [0.1, 0.15) is 11.5 Å². The molecule has 3 rings (SSSR count). The minimum Gasteiger partial charge on any atom is -0.496 e. The highest BCUT2D eigenvalue weighted by Gasteiger charge is 2.24. The predicted molar refractivity (Wildman–Crippen MR) is 112 cm³/mol. The molecule has 27 heavy (non-hydrogen) atoms. The van der Waals surface area contributed by atoms with E-state index in [1.54, 1.807) is 14.2 Å². The number of hydrogen-bond donors (Lipinski definition) is 0. The summed E-state index contributed by atoms with van der Waals surface area (Å²) in [5.41, 5.74) is 8.48. The third-order valence-corrected chi connectivity index (χ3v) is 5.15. The van der Waals surface area contributed by atoms with E-state index in [4.69, 9.17) is 9.47 Å². The molecule has 0 heterocycles. The smallest absolute Gasteiger partial charge is 0.124 e. The van der Waals surface area contributed by atoms with Gasteiger partial charge < -0.3 is 9.47 Å². The van der Waals surface area contributed by atoms with Crippen LogP contribution in [-0.2, 0) is 0 Å². The van der Waals surface area contributed by atoms with E-state index < -0.39 is 0 Å². The molecule has 0 N–H and O–H groups in total. The zero-order valence-electron chi connectivity index (χ0n) is 17.1. The van der Waals surface area contributed by atoms with Gasteiger partial charge in [0.15, 0.2) is 0 Å². The zero-order chi connectivity index (χ0) is 19.6. The van der Waals surface area contributed by atoms with Crippen molar-refractivity contribution in [2.24, 2.45) is 0 Å². The number of ether oxygens (including phenoxy) is 2. The molecule has 0 radical (unpaired) electrons. The molecule has 0 aliphatic heterocycles. The lowest BCUT2D eigenvalue weighted by molar-refractivity contribution is 0.407. The van der Waals surface area contributed by atoms with Crippen LogP contribution in [0.1, 0.15) is 44.9 Å². The summed E-state index contributed by atoms with van der Waals surface area (Å²) >= 11 is 0. The Morgan fingerprint density at radius 1 is 0.667 bits per heavy atom. The van der Waals surface area contributed by atoms with Gasteiger partial charge >= 0.3 is 0 Å². The summed E-state index contributed by atoms with van der Waals surface area (Å²) in [7, 11) is 3.49. The average molecular weight is 360 g/mol. The highest BCUT2D eigenvalue weighted by molar-refractivity contribution is 5.56. The van der Waals surface area contributed by atoms with Gasteiger partial charge in [0.2, 0.25) is 0 Å². The summed E-state index contributed by atoms with van der Waals surface area (Å²) in [5.74, 6) is 2.00. The molecule has 0 fully saturated rings. The summed E-state index contributed by atoms with van der Waals surface area (Å²) in [6.45, 7) is 8.50. The SMILES string of the molecule is COc1cc(C)cc(C)c1C(c1ccccc1)c1cc(C)c(OC)c(C)c1. The molecule has 0 aliphatic carbocycles. The van der Waals surface area contributed by atoms with E-state index >= 15 is 0 Å². The van der Waals surface area contributed by atoms with Crippen LogP contribution in [0, 0.1) is 27.7 Å². The Hall–Kier alpha value is -2.74. The third kappa shape index (κ3) is 3.71. The van der Waals surface area contributed by atoms with Crippen molar-refractivity contribution in [3.05, 3.63) is 93.5 Å². The van der Waals surface area contributed by atoms with E-state index in [1.807, 2.05) is 0 Å². The van der Waals surface area contributed by atoms with Gasteiger partial charge in [0, 0.05) is 11.5 Å². The second kappa shape index (κ2) is 7.87. The summed E-state index contributed by atoms with van der Waals surface area (Å²) in [6.07, 6.45) is 0. The maximum absolute atomic E-state index is 5.81. The Morgan fingerprint density at radius 2 is 1.30 bits per heavy atom. The lowest BCUT2D eigenvalue weighted by Crippen LogP contribution is -2.09. The van der Waals surface area contributed by atoms with Crippen LogP contribution >= 0.6 is 0 Å². The molecule has 1 unspecified atom stereocenters. The summed E-state index contributed by atoms with van der Waals surface area (Å²) in [5, 5.41) is 0. The maximum Gasteiger partial charge on any atom is 0.124 e. The molecular weight excluding hydrogens is 332 g/mol. The fourth-order valence-electron chi connectivity index (χ4n) is 4.12. The molecule has 1 atom stereocenters. The Bertz CT molecular complexity index is 919. The summed E-state index contributed by atoms with van der Waals surface area (Å²) in [4.78, 5) is 0. The second-order valence-electron chi connectivity index (χ2n) is 7.23. The quantitative estimate of drug-likeness (QED) is 0.511. The average Bonchev–Trinajstić information content (AvgIpc) is 2.64. The van der Waals surface area contributed by atoms with Crippen molar-refractivity contribution in [2.75, 3.05) is 14.2 Å². The van der Waals surface area contributed by atoms with Gasteiger partial charge in [-0.3, -0.25) is 0 Å². The summed E-state index contributed by atoms with van der Waals surface area (Å²) < 4.78 is 11.4. The van der Waals surface area contributed by atoms with Gasteiger partial charge in [-0.05, 0) is 67.1 Å². The Kier molecular flexibility index (Phi) is 5.55. The lowest BCUT2D eigenvalue weighted by Gasteiger charge is -2.25. The molecule has 0 saturated carbocycles. The van der Waals surface area contributed by atoms with E-state index in [0.29, 0.717) is 0 Å². The van der Waals surface area contributed by atoms with Gasteiger partial charge in [-0.25, -0.2) is 0 Å². The van der Waals surface area contributed by atoms with Crippen LogP contribution in [0.3, 0.4) is 0 Å². The maximum atomic E-state index is 5.81. The summed E-state index contributed by atoms with van der Waals surface area (Å²) in [6, 6.07) is 19.5. The molecule has 140 valence electrons. The van der Waals surface area contributed by atoms with Crippen LogP contribution < -0.4 is 9.47 Å². The Labute approximate surface area is 162 Å². The fourth-order valence-corrected chi connectivity index (χ4v) is 4.12. The van der Waals surface area contributed by atoms with Crippen LogP contribution in [-0.4, -0.2) is 14.2 Å². The Balaban J connectivity index is 2.30. The monoisotopic (exact) mass is 360 g/mol. The molecular formula is C25H28O2. The molecule has 0 amide bonds. The third-order valence-electron chi connectivity index (χ3n) is 5.15. The highest BCUT2D eigenvalue weighted by atomic mass is 16.5. The van der Waals surface area contributed by atoms with Crippen LogP contribution in [0.4, 0.5) is 0 Å². The topological polar surface area (TPSA) is 18.5 Å². The zero-order valence-corrected chi connectivity index (χ0v) is 17.1.